The summed E-state index contributed by atoms with van der Waals surface area (Å²) in [5, 5.41) is 0. The highest BCUT2D eigenvalue weighted by Crippen LogP contribution is 2.28. The highest BCUT2D eigenvalue weighted by atomic mass is 32.2. The third-order valence-electron chi connectivity index (χ3n) is 2.69. The molecule has 0 saturated heterocycles. The molecule has 5 nitrogen and oxygen atoms in total. The van der Waals surface area contributed by atoms with E-state index in [4.69, 9.17) is 8.92 Å². The van der Waals surface area contributed by atoms with Gasteiger partial charge in [-0.3, -0.25) is 4.18 Å². The number of pyridine rings is 1. The minimum absolute atomic E-state index is 0.0948. The number of hydrogen-bond donors (Lipinski definition) is 0. The molecule has 0 aliphatic rings. The summed E-state index contributed by atoms with van der Waals surface area (Å²) in [5.41, 5.74) is 1.24. The molecule has 1 aromatic carbocycles. The summed E-state index contributed by atoms with van der Waals surface area (Å²) < 4.78 is 34.0. The van der Waals surface area contributed by atoms with Crippen LogP contribution >= 0.6 is 0 Å². The van der Waals surface area contributed by atoms with Crippen molar-refractivity contribution in [3.05, 3.63) is 42.6 Å². The Labute approximate surface area is 118 Å². The molecule has 1 heterocycles. The molecule has 0 aliphatic carbocycles. The van der Waals surface area contributed by atoms with Crippen LogP contribution in [-0.2, 0) is 14.3 Å². The van der Waals surface area contributed by atoms with Crippen LogP contribution in [0.4, 0.5) is 0 Å². The summed E-state index contributed by atoms with van der Waals surface area (Å²) in [6.45, 7) is 1.73. The first-order valence-electron chi connectivity index (χ1n) is 6.07. The minimum Gasteiger partial charge on any atom is -0.481 e. The van der Waals surface area contributed by atoms with Crippen molar-refractivity contribution in [3.63, 3.8) is 0 Å². The van der Waals surface area contributed by atoms with Crippen molar-refractivity contribution in [1.29, 1.82) is 0 Å². The molecule has 0 atom stereocenters. The summed E-state index contributed by atoms with van der Waals surface area (Å²) >= 11 is 0. The molecule has 0 unspecified atom stereocenters. The SMILES string of the molecule is CCOS(=O)(=O)c1ccccc1-c1ccc(OC)nc1. The predicted molar refractivity (Wildman–Crippen MR) is 75.0 cm³/mol. The van der Waals surface area contributed by atoms with Gasteiger partial charge in [0.2, 0.25) is 5.88 Å². The second-order valence-corrected chi connectivity index (χ2v) is 5.53. The largest absolute Gasteiger partial charge is 0.481 e. The van der Waals surface area contributed by atoms with Crippen molar-refractivity contribution in [2.24, 2.45) is 0 Å². The summed E-state index contributed by atoms with van der Waals surface area (Å²) in [7, 11) is -2.24. The lowest BCUT2D eigenvalue weighted by Crippen LogP contribution is -2.07. The maximum Gasteiger partial charge on any atom is 0.297 e. The monoisotopic (exact) mass is 293 g/mol. The first kappa shape index (κ1) is 14.5. The van der Waals surface area contributed by atoms with Gasteiger partial charge in [0.05, 0.1) is 13.7 Å². The van der Waals surface area contributed by atoms with Gasteiger partial charge in [-0.25, -0.2) is 4.98 Å². The van der Waals surface area contributed by atoms with Crippen LogP contribution in [0.2, 0.25) is 0 Å². The van der Waals surface area contributed by atoms with Crippen molar-refractivity contribution >= 4 is 10.1 Å². The fourth-order valence-electron chi connectivity index (χ4n) is 1.80. The van der Waals surface area contributed by atoms with E-state index in [0.717, 1.165) is 0 Å². The van der Waals surface area contributed by atoms with E-state index in [9.17, 15) is 8.42 Å². The van der Waals surface area contributed by atoms with E-state index in [-0.39, 0.29) is 11.5 Å². The number of benzene rings is 1. The van der Waals surface area contributed by atoms with Crippen LogP contribution in [0.3, 0.4) is 0 Å². The summed E-state index contributed by atoms with van der Waals surface area (Å²) in [6.07, 6.45) is 1.57. The molecule has 20 heavy (non-hydrogen) atoms. The van der Waals surface area contributed by atoms with Crippen molar-refractivity contribution in [2.45, 2.75) is 11.8 Å². The van der Waals surface area contributed by atoms with Crippen LogP contribution < -0.4 is 4.74 Å². The second-order valence-electron chi connectivity index (χ2n) is 3.95. The fraction of sp³-hybridized carbons (Fsp3) is 0.214. The molecule has 0 N–H and O–H groups in total. The van der Waals surface area contributed by atoms with E-state index in [1.165, 1.54) is 13.2 Å². The third kappa shape index (κ3) is 2.97. The van der Waals surface area contributed by atoms with E-state index in [1.54, 1.807) is 43.5 Å². The van der Waals surface area contributed by atoms with Crippen LogP contribution in [0.25, 0.3) is 11.1 Å². The summed E-state index contributed by atoms with van der Waals surface area (Å²) in [4.78, 5) is 4.22. The highest BCUT2D eigenvalue weighted by molar-refractivity contribution is 7.87. The number of rotatable bonds is 5. The molecular weight excluding hydrogens is 278 g/mol. The zero-order chi connectivity index (χ0) is 14.6. The van der Waals surface area contributed by atoms with E-state index < -0.39 is 10.1 Å². The topological polar surface area (TPSA) is 65.5 Å². The molecule has 0 aliphatic heterocycles. The first-order chi connectivity index (χ1) is 9.58. The molecule has 2 aromatic rings. The average Bonchev–Trinajstić information content (AvgIpc) is 2.47. The number of aromatic nitrogens is 1. The lowest BCUT2D eigenvalue weighted by molar-refractivity contribution is 0.338. The van der Waals surface area contributed by atoms with Crippen LogP contribution in [0.5, 0.6) is 5.88 Å². The fourth-order valence-corrected chi connectivity index (χ4v) is 2.94. The minimum atomic E-state index is -3.76. The van der Waals surface area contributed by atoms with E-state index >= 15 is 0 Å². The van der Waals surface area contributed by atoms with Crippen molar-refractivity contribution in [1.82, 2.24) is 4.98 Å². The smallest absolute Gasteiger partial charge is 0.297 e. The van der Waals surface area contributed by atoms with Gasteiger partial charge in [0.25, 0.3) is 10.1 Å². The van der Waals surface area contributed by atoms with Crippen LogP contribution in [0.15, 0.2) is 47.5 Å². The third-order valence-corrected chi connectivity index (χ3v) is 4.13. The standard InChI is InChI=1S/C14H15NO4S/c1-3-19-20(16,17)13-7-5-4-6-12(13)11-8-9-14(18-2)15-10-11/h4-10H,3H2,1-2H3. The van der Waals surface area contributed by atoms with Gasteiger partial charge in [0.1, 0.15) is 4.90 Å². The maximum atomic E-state index is 12.1. The van der Waals surface area contributed by atoms with Crippen molar-refractivity contribution < 1.29 is 17.3 Å². The Kier molecular flexibility index (Phi) is 4.36. The quantitative estimate of drug-likeness (QED) is 0.792. The van der Waals surface area contributed by atoms with Gasteiger partial charge in [-0.05, 0) is 19.1 Å². The van der Waals surface area contributed by atoms with Gasteiger partial charge in [-0.15, -0.1) is 0 Å². The van der Waals surface area contributed by atoms with Gasteiger partial charge in [-0.1, -0.05) is 18.2 Å². The molecule has 0 saturated carbocycles. The Bertz CT molecular complexity index is 681. The molecule has 0 radical (unpaired) electrons. The molecular formula is C14H15NO4S. The number of ether oxygens (including phenoxy) is 1. The van der Waals surface area contributed by atoms with E-state index in [1.807, 2.05) is 0 Å². The zero-order valence-corrected chi connectivity index (χ0v) is 12.1. The Balaban J connectivity index is 2.52. The summed E-state index contributed by atoms with van der Waals surface area (Å²) in [6, 6.07) is 10.1. The molecule has 106 valence electrons. The van der Waals surface area contributed by atoms with Gasteiger partial charge in [0, 0.05) is 23.4 Å². The second kappa shape index (κ2) is 6.02. The van der Waals surface area contributed by atoms with Gasteiger partial charge in [0.15, 0.2) is 0 Å². The molecule has 1 aromatic heterocycles. The van der Waals surface area contributed by atoms with Gasteiger partial charge in [-0.2, -0.15) is 8.42 Å². The van der Waals surface area contributed by atoms with Crippen LogP contribution in [-0.4, -0.2) is 27.1 Å². The molecule has 0 spiro atoms. The lowest BCUT2D eigenvalue weighted by Gasteiger charge is -2.10. The number of nitrogens with zero attached hydrogens (tertiary/aromatic N) is 1. The lowest BCUT2D eigenvalue weighted by atomic mass is 10.1. The highest BCUT2D eigenvalue weighted by Gasteiger charge is 2.19. The average molecular weight is 293 g/mol. The van der Waals surface area contributed by atoms with Gasteiger partial charge >= 0.3 is 0 Å². The van der Waals surface area contributed by atoms with E-state index in [2.05, 4.69) is 4.98 Å². The molecule has 6 heteroatoms. The molecule has 0 amide bonds. The molecule has 0 fully saturated rings. The Morgan fingerprint density at radius 3 is 2.50 bits per heavy atom. The Morgan fingerprint density at radius 1 is 1.15 bits per heavy atom. The maximum absolute atomic E-state index is 12.1. The van der Waals surface area contributed by atoms with Crippen molar-refractivity contribution in [3.8, 4) is 17.0 Å². The predicted octanol–water partition coefficient (Wildman–Crippen LogP) is 2.48. The number of hydrogen-bond acceptors (Lipinski definition) is 5. The Morgan fingerprint density at radius 2 is 1.90 bits per heavy atom. The first-order valence-corrected chi connectivity index (χ1v) is 7.48. The normalized spacial score (nSPS) is 11.3. The van der Waals surface area contributed by atoms with Gasteiger partial charge < -0.3 is 4.74 Å². The van der Waals surface area contributed by atoms with E-state index in [0.29, 0.717) is 17.0 Å². The number of methoxy groups -OCH3 is 1. The van der Waals surface area contributed by atoms with Crippen LogP contribution in [0.1, 0.15) is 6.92 Å². The Hall–Kier alpha value is -1.92. The zero-order valence-electron chi connectivity index (χ0n) is 11.2. The molecule has 2 rings (SSSR count). The summed E-state index contributed by atoms with van der Waals surface area (Å²) in [5.74, 6) is 0.471. The van der Waals surface area contributed by atoms with Crippen molar-refractivity contribution in [2.75, 3.05) is 13.7 Å². The van der Waals surface area contributed by atoms with Crippen LogP contribution in [0, 0.1) is 0 Å². The molecule has 0 bridgehead atoms.